The van der Waals surface area contributed by atoms with Crippen LogP contribution in [-0.4, -0.2) is 47.3 Å². The molecule has 5 nitrogen and oxygen atoms in total. The van der Waals surface area contributed by atoms with Gasteiger partial charge in [0.15, 0.2) is 0 Å². The van der Waals surface area contributed by atoms with Crippen LogP contribution < -0.4 is 4.74 Å². The highest BCUT2D eigenvalue weighted by atomic mass is 16.5. The first-order valence-electron chi connectivity index (χ1n) is 7.73. The fourth-order valence-corrected chi connectivity index (χ4v) is 3.05. The van der Waals surface area contributed by atoms with Gasteiger partial charge in [-0.05, 0) is 43.0 Å². The molecule has 1 aliphatic rings. The quantitative estimate of drug-likeness (QED) is 0.938. The van der Waals surface area contributed by atoms with Crippen molar-refractivity contribution in [3.63, 3.8) is 0 Å². The minimum absolute atomic E-state index is 0.143. The van der Waals surface area contributed by atoms with Gasteiger partial charge in [0, 0.05) is 36.8 Å². The molecule has 0 aliphatic carbocycles. The maximum absolute atomic E-state index is 12.4. The summed E-state index contributed by atoms with van der Waals surface area (Å²) in [5, 5.41) is 10.2. The Morgan fingerprint density at radius 1 is 1.32 bits per heavy atom. The summed E-state index contributed by atoms with van der Waals surface area (Å²) in [6.07, 6.45) is 3.74. The van der Waals surface area contributed by atoms with Crippen molar-refractivity contribution in [3.05, 3.63) is 30.5 Å². The van der Waals surface area contributed by atoms with Gasteiger partial charge in [-0.2, -0.15) is 0 Å². The molecular weight excluding hydrogens is 280 g/mol. The molecular formula is C17H22N2O3. The Bertz CT molecular complexity index is 657. The van der Waals surface area contributed by atoms with E-state index < -0.39 is 0 Å². The minimum Gasteiger partial charge on any atom is -0.497 e. The van der Waals surface area contributed by atoms with Crippen LogP contribution in [0, 0.1) is 5.92 Å². The van der Waals surface area contributed by atoms with Gasteiger partial charge in [-0.15, -0.1) is 0 Å². The number of nitrogens with zero attached hydrogens (tertiary/aromatic N) is 2. The van der Waals surface area contributed by atoms with E-state index in [9.17, 15) is 4.79 Å². The Morgan fingerprint density at radius 2 is 2.09 bits per heavy atom. The number of aliphatic hydroxyl groups is 1. The van der Waals surface area contributed by atoms with Crippen LogP contribution in [0.4, 0.5) is 0 Å². The molecule has 1 aromatic carbocycles. The molecule has 0 bridgehead atoms. The average molecular weight is 302 g/mol. The number of amides is 1. The third-order valence-corrected chi connectivity index (χ3v) is 4.51. The van der Waals surface area contributed by atoms with Crippen molar-refractivity contribution in [3.8, 4) is 5.75 Å². The number of hydrogen-bond acceptors (Lipinski definition) is 3. The summed E-state index contributed by atoms with van der Waals surface area (Å²) in [4.78, 5) is 14.3. The van der Waals surface area contributed by atoms with Gasteiger partial charge in [-0.1, -0.05) is 0 Å². The predicted molar refractivity (Wildman–Crippen MR) is 84.9 cm³/mol. The summed E-state index contributed by atoms with van der Waals surface area (Å²) in [6.45, 7) is 2.08. The highest BCUT2D eigenvalue weighted by molar-refractivity contribution is 5.84. The van der Waals surface area contributed by atoms with Crippen LogP contribution in [0.3, 0.4) is 0 Å². The molecule has 0 spiro atoms. The molecule has 1 N–H and O–H groups in total. The molecule has 1 saturated heterocycles. The molecule has 1 fully saturated rings. The first-order chi connectivity index (χ1) is 10.7. The molecule has 0 radical (unpaired) electrons. The van der Waals surface area contributed by atoms with Gasteiger partial charge in [0.05, 0.1) is 7.11 Å². The Hall–Kier alpha value is -2.01. The second-order valence-corrected chi connectivity index (χ2v) is 5.88. The second kappa shape index (κ2) is 6.40. The predicted octanol–water partition coefficient (Wildman–Crippen LogP) is 1.88. The van der Waals surface area contributed by atoms with Crippen molar-refractivity contribution in [1.82, 2.24) is 9.47 Å². The Morgan fingerprint density at radius 3 is 2.77 bits per heavy atom. The molecule has 0 saturated carbocycles. The number of benzene rings is 1. The van der Waals surface area contributed by atoms with Gasteiger partial charge >= 0.3 is 0 Å². The van der Waals surface area contributed by atoms with E-state index in [0.717, 1.165) is 42.6 Å². The lowest BCUT2D eigenvalue weighted by Crippen LogP contribution is -2.40. The monoisotopic (exact) mass is 302 g/mol. The van der Waals surface area contributed by atoms with E-state index in [4.69, 9.17) is 9.84 Å². The van der Waals surface area contributed by atoms with Crippen molar-refractivity contribution in [2.24, 2.45) is 5.92 Å². The van der Waals surface area contributed by atoms with Crippen molar-refractivity contribution >= 4 is 16.8 Å². The molecule has 2 aromatic rings. The first kappa shape index (κ1) is 14.9. The molecule has 0 atom stereocenters. The van der Waals surface area contributed by atoms with Gasteiger partial charge in [-0.25, -0.2) is 0 Å². The van der Waals surface area contributed by atoms with E-state index in [1.54, 1.807) is 7.11 Å². The van der Waals surface area contributed by atoms with Crippen LogP contribution in [0.25, 0.3) is 10.9 Å². The SMILES string of the molecule is COc1ccc2c(ccn2CC(=O)N2CCC(CO)CC2)c1. The molecule has 118 valence electrons. The van der Waals surface area contributed by atoms with Crippen molar-refractivity contribution in [1.29, 1.82) is 0 Å². The van der Waals surface area contributed by atoms with E-state index in [1.165, 1.54) is 0 Å². The molecule has 1 aliphatic heterocycles. The second-order valence-electron chi connectivity index (χ2n) is 5.88. The van der Waals surface area contributed by atoms with Crippen molar-refractivity contribution < 1.29 is 14.6 Å². The van der Waals surface area contributed by atoms with Crippen LogP contribution in [0.5, 0.6) is 5.75 Å². The normalized spacial score (nSPS) is 16.2. The highest BCUT2D eigenvalue weighted by Crippen LogP contribution is 2.22. The Kier molecular flexibility index (Phi) is 4.34. The molecule has 5 heteroatoms. The number of likely N-dealkylation sites (tertiary alicyclic amines) is 1. The third kappa shape index (κ3) is 2.95. The van der Waals surface area contributed by atoms with Gasteiger partial charge in [0.25, 0.3) is 0 Å². The summed E-state index contributed by atoms with van der Waals surface area (Å²) < 4.78 is 7.21. The molecule has 1 amide bonds. The van der Waals surface area contributed by atoms with Crippen LogP contribution in [-0.2, 0) is 11.3 Å². The minimum atomic E-state index is 0.143. The number of ether oxygens (including phenoxy) is 1. The number of methoxy groups -OCH3 is 1. The smallest absolute Gasteiger partial charge is 0.242 e. The van der Waals surface area contributed by atoms with Crippen molar-refractivity contribution in [2.75, 3.05) is 26.8 Å². The topological polar surface area (TPSA) is 54.7 Å². The number of piperidine rings is 1. The number of rotatable bonds is 4. The lowest BCUT2D eigenvalue weighted by atomic mass is 9.98. The lowest BCUT2D eigenvalue weighted by molar-refractivity contribution is -0.133. The van der Waals surface area contributed by atoms with Gasteiger partial charge in [0.1, 0.15) is 12.3 Å². The Balaban J connectivity index is 1.69. The maximum Gasteiger partial charge on any atom is 0.242 e. The number of aromatic nitrogens is 1. The molecule has 0 unspecified atom stereocenters. The third-order valence-electron chi connectivity index (χ3n) is 4.51. The van der Waals surface area contributed by atoms with E-state index >= 15 is 0 Å². The summed E-state index contributed by atoms with van der Waals surface area (Å²) in [5.74, 6) is 1.32. The summed E-state index contributed by atoms with van der Waals surface area (Å²) >= 11 is 0. The fraction of sp³-hybridized carbons (Fsp3) is 0.471. The van der Waals surface area contributed by atoms with E-state index in [1.807, 2.05) is 39.9 Å². The molecule has 1 aromatic heterocycles. The van der Waals surface area contributed by atoms with E-state index in [2.05, 4.69) is 0 Å². The van der Waals surface area contributed by atoms with Gasteiger partial charge < -0.3 is 19.3 Å². The number of carbonyl (C=O) groups excluding carboxylic acids is 1. The van der Waals surface area contributed by atoms with Crippen molar-refractivity contribution in [2.45, 2.75) is 19.4 Å². The standard InChI is InChI=1S/C17H22N2O3/c1-22-15-2-3-16-14(10-15)6-9-19(16)11-17(21)18-7-4-13(12-20)5-8-18/h2-3,6,9-10,13,20H,4-5,7-8,11-12H2,1H3. The van der Waals surface area contributed by atoms with Crippen LogP contribution in [0.15, 0.2) is 30.5 Å². The maximum atomic E-state index is 12.4. The summed E-state index contributed by atoms with van der Waals surface area (Å²) in [6, 6.07) is 7.88. The highest BCUT2D eigenvalue weighted by Gasteiger charge is 2.22. The van der Waals surface area contributed by atoms with Gasteiger partial charge in [-0.3, -0.25) is 4.79 Å². The Labute approximate surface area is 130 Å². The largest absolute Gasteiger partial charge is 0.497 e. The first-order valence-corrected chi connectivity index (χ1v) is 7.73. The number of fused-ring (bicyclic) bond motifs is 1. The summed E-state index contributed by atoms with van der Waals surface area (Å²) in [7, 11) is 1.65. The van der Waals surface area contributed by atoms with Gasteiger partial charge in [0.2, 0.25) is 5.91 Å². The number of carbonyl (C=O) groups is 1. The van der Waals surface area contributed by atoms with Crippen LogP contribution in [0.1, 0.15) is 12.8 Å². The zero-order valence-corrected chi connectivity index (χ0v) is 12.9. The molecule has 22 heavy (non-hydrogen) atoms. The average Bonchev–Trinajstić information content (AvgIpc) is 2.97. The summed E-state index contributed by atoms with van der Waals surface area (Å²) in [5.41, 5.74) is 1.04. The van der Waals surface area contributed by atoms with E-state index in [-0.39, 0.29) is 12.5 Å². The fourth-order valence-electron chi connectivity index (χ4n) is 3.05. The molecule has 3 rings (SSSR count). The number of hydrogen-bond donors (Lipinski definition) is 1. The van der Waals surface area contributed by atoms with Crippen LogP contribution in [0.2, 0.25) is 0 Å². The number of aliphatic hydroxyl groups excluding tert-OH is 1. The lowest BCUT2D eigenvalue weighted by Gasteiger charge is -2.31. The zero-order valence-electron chi connectivity index (χ0n) is 12.9. The zero-order chi connectivity index (χ0) is 15.5. The van der Waals surface area contributed by atoms with Crippen LogP contribution >= 0.6 is 0 Å². The molecule has 2 heterocycles. The van der Waals surface area contributed by atoms with E-state index in [0.29, 0.717) is 12.5 Å².